The molecule has 1 saturated carbocycles. The number of imide groups is 1. The van der Waals surface area contributed by atoms with Crippen LogP contribution in [0.1, 0.15) is 58.8 Å². The summed E-state index contributed by atoms with van der Waals surface area (Å²) in [4.78, 5) is 39.7. The smallest absolute Gasteiger partial charge is 0.325 e. The van der Waals surface area contributed by atoms with Crippen LogP contribution in [0.3, 0.4) is 0 Å². The third-order valence-electron chi connectivity index (χ3n) is 5.86. The van der Waals surface area contributed by atoms with Gasteiger partial charge in [-0.3, -0.25) is 14.5 Å². The van der Waals surface area contributed by atoms with E-state index in [-0.39, 0.29) is 17.8 Å². The highest BCUT2D eigenvalue weighted by Gasteiger charge is 2.43. The number of fused-ring (bicyclic) bond motifs is 1. The Labute approximate surface area is 143 Å². The third-order valence-corrected chi connectivity index (χ3v) is 5.86. The number of urea groups is 1. The van der Waals surface area contributed by atoms with Crippen molar-refractivity contribution in [3.63, 3.8) is 0 Å². The number of carbonyl (C=O) groups is 3. The summed E-state index contributed by atoms with van der Waals surface area (Å²) in [6.45, 7) is 5.50. The van der Waals surface area contributed by atoms with E-state index in [2.05, 4.69) is 5.32 Å². The van der Waals surface area contributed by atoms with E-state index >= 15 is 0 Å². The number of nitrogens with one attached hydrogen (secondary N) is 1. The molecule has 3 rings (SSSR count). The van der Waals surface area contributed by atoms with Crippen LogP contribution in [0.5, 0.6) is 0 Å². The van der Waals surface area contributed by atoms with Gasteiger partial charge in [-0.25, -0.2) is 4.79 Å². The minimum Gasteiger partial charge on any atom is -0.342 e. The molecule has 2 atom stereocenters. The number of nitrogens with zero attached hydrogens (tertiary/aromatic N) is 2. The molecule has 6 heteroatoms. The highest BCUT2D eigenvalue weighted by Crippen LogP contribution is 2.36. The molecule has 0 unspecified atom stereocenters. The Bertz CT molecular complexity index is 532. The lowest BCUT2D eigenvalue weighted by Gasteiger charge is -2.41. The molecule has 1 N–H and O–H groups in total. The van der Waals surface area contributed by atoms with Gasteiger partial charge in [0.25, 0.3) is 5.91 Å². The molecule has 0 aromatic rings. The first-order valence-electron chi connectivity index (χ1n) is 9.30. The molecule has 134 valence electrons. The van der Waals surface area contributed by atoms with Crippen LogP contribution in [0.15, 0.2) is 0 Å². The highest BCUT2D eigenvalue weighted by molar-refractivity contribution is 6.06. The minimum absolute atomic E-state index is 0.172. The van der Waals surface area contributed by atoms with Crippen LogP contribution in [0, 0.1) is 11.8 Å². The van der Waals surface area contributed by atoms with E-state index in [1.165, 1.54) is 30.6 Å². The van der Waals surface area contributed by atoms with Crippen molar-refractivity contribution in [1.82, 2.24) is 15.1 Å². The van der Waals surface area contributed by atoms with Gasteiger partial charge in [0.1, 0.15) is 5.54 Å². The summed E-state index contributed by atoms with van der Waals surface area (Å²) < 4.78 is 0. The van der Waals surface area contributed by atoms with Gasteiger partial charge in [0.2, 0.25) is 5.91 Å². The van der Waals surface area contributed by atoms with Crippen LogP contribution >= 0.6 is 0 Å². The van der Waals surface area contributed by atoms with Gasteiger partial charge in [0.15, 0.2) is 0 Å². The van der Waals surface area contributed by atoms with Crippen LogP contribution in [0.2, 0.25) is 0 Å². The normalized spacial score (nSPS) is 29.4. The van der Waals surface area contributed by atoms with Crippen molar-refractivity contribution in [3.8, 4) is 0 Å². The Balaban J connectivity index is 1.44. The largest absolute Gasteiger partial charge is 0.342 e. The number of hydrogen-bond acceptors (Lipinski definition) is 3. The average Bonchev–Trinajstić information content (AvgIpc) is 2.75. The second-order valence-electron chi connectivity index (χ2n) is 8.05. The molecule has 2 heterocycles. The fourth-order valence-electron chi connectivity index (χ4n) is 4.39. The quantitative estimate of drug-likeness (QED) is 0.800. The first kappa shape index (κ1) is 17.2. The minimum atomic E-state index is -0.829. The first-order valence-corrected chi connectivity index (χ1v) is 9.30. The zero-order valence-corrected chi connectivity index (χ0v) is 14.8. The SMILES string of the molecule is CC1(C)NC(=O)N(CCCC(=O)N2CC[C@H]3CCCC[C@H]3C2)C1=O. The Morgan fingerprint density at radius 1 is 1.17 bits per heavy atom. The molecule has 2 aliphatic heterocycles. The van der Waals surface area contributed by atoms with E-state index in [1.807, 2.05) is 4.90 Å². The lowest BCUT2D eigenvalue weighted by atomic mass is 9.75. The second kappa shape index (κ2) is 6.73. The molecule has 2 saturated heterocycles. The summed E-state index contributed by atoms with van der Waals surface area (Å²) in [5, 5.41) is 2.67. The molecular weight excluding hydrogens is 306 g/mol. The molecular formula is C18H29N3O3. The lowest BCUT2D eigenvalue weighted by Crippen LogP contribution is -2.45. The summed E-state index contributed by atoms with van der Waals surface area (Å²) >= 11 is 0. The van der Waals surface area contributed by atoms with Crippen LogP contribution in [0.4, 0.5) is 4.79 Å². The Morgan fingerprint density at radius 3 is 2.54 bits per heavy atom. The molecule has 3 aliphatic rings. The number of likely N-dealkylation sites (tertiary alicyclic amines) is 1. The van der Waals surface area contributed by atoms with Crippen molar-refractivity contribution in [2.75, 3.05) is 19.6 Å². The van der Waals surface area contributed by atoms with Gasteiger partial charge in [0.05, 0.1) is 0 Å². The van der Waals surface area contributed by atoms with Gasteiger partial charge in [-0.15, -0.1) is 0 Å². The molecule has 0 radical (unpaired) electrons. The molecule has 0 aromatic heterocycles. The summed E-state index contributed by atoms with van der Waals surface area (Å²) in [7, 11) is 0. The van der Waals surface area contributed by atoms with Crippen molar-refractivity contribution >= 4 is 17.8 Å². The molecule has 0 aromatic carbocycles. The molecule has 0 spiro atoms. The summed E-state index contributed by atoms with van der Waals surface area (Å²) in [5.41, 5.74) is -0.829. The Kier molecular flexibility index (Phi) is 4.83. The number of amides is 4. The standard InChI is InChI=1S/C18H29N3O3/c1-18(2)16(23)21(17(24)19-18)10-5-8-15(22)20-11-9-13-6-3-4-7-14(13)12-20/h13-14H,3-12H2,1-2H3,(H,19,24)/t13-,14+/m1/s1. The van der Waals surface area contributed by atoms with E-state index in [0.717, 1.165) is 25.4 Å². The van der Waals surface area contributed by atoms with Crippen LogP contribution < -0.4 is 5.32 Å². The number of carbonyl (C=O) groups excluding carboxylic acids is 3. The van der Waals surface area contributed by atoms with Gasteiger partial charge in [-0.05, 0) is 44.9 Å². The highest BCUT2D eigenvalue weighted by atomic mass is 16.2. The lowest BCUT2D eigenvalue weighted by molar-refractivity contribution is -0.135. The number of hydrogen-bond donors (Lipinski definition) is 1. The number of piperidine rings is 1. The third kappa shape index (κ3) is 3.42. The van der Waals surface area contributed by atoms with E-state index < -0.39 is 5.54 Å². The maximum atomic E-state index is 12.5. The van der Waals surface area contributed by atoms with Gasteiger partial charge in [-0.1, -0.05) is 19.3 Å². The van der Waals surface area contributed by atoms with Gasteiger partial charge >= 0.3 is 6.03 Å². The maximum absolute atomic E-state index is 12.5. The average molecular weight is 335 g/mol. The summed E-state index contributed by atoms with van der Waals surface area (Å²) in [6, 6.07) is -0.347. The van der Waals surface area contributed by atoms with E-state index in [1.54, 1.807) is 13.8 Å². The van der Waals surface area contributed by atoms with Crippen LogP contribution in [-0.2, 0) is 9.59 Å². The molecule has 6 nitrogen and oxygen atoms in total. The van der Waals surface area contributed by atoms with Crippen molar-refractivity contribution < 1.29 is 14.4 Å². The predicted octanol–water partition coefficient (Wildman–Crippen LogP) is 2.14. The monoisotopic (exact) mass is 335 g/mol. The molecule has 4 amide bonds. The zero-order valence-electron chi connectivity index (χ0n) is 14.8. The topological polar surface area (TPSA) is 69.7 Å². The van der Waals surface area contributed by atoms with Crippen molar-refractivity contribution in [1.29, 1.82) is 0 Å². The Morgan fingerprint density at radius 2 is 1.88 bits per heavy atom. The van der Waals surface area contributed by atoms with E-state index in [0.29, 0.717) is 25.3 Å². The first-order chi connectivity index (χ1) is 11.4. The summed E-state index contributed by atoms with van der Waals surface area (Å²) in [5.74, 6) is 1.47. The molecule has 1 aliphatic carbocycles. The maximum Gasteiger partial charge on any atom is 0.325 e. The second-order valence-corrected chi connectivity index (χ2v) is 8.05. The van der Waals surface area contributed by atoms with Crippen molar-refractivity contribution in [2.24, 2.45) is 11.8 Å². The van der Waals surface area contributed by atoms with Gasteiger partial charge < -0.3 is 10.2 Å². The van der Waals surface area contributed by atoms with Crippen LogP contribution in [0.25, 0.3) is 0 Å². The van der Waals surface area contributed by atoms with Gasteiger partial charge in [-0.2, -0.15) is 0 Å². The van der Waals surface area contributed by atoms with Gasteiger partial charge in [0, 0.05) is 26.1 Å². The van der Waals surface area contributed by atoms with Crippen molar-refractivity contribution in [2.45, 2.75) is 64.3 Å². The molecule has 3 fully saturated rings. The van der Waals surface area contributed by atoms with Crippen LogP contribution in [-0.4, -0.2) is 52.8 Å². The fraction of sp³-hybridized carbons (Fsp3) is 0.833. The Hall–Kier alpha value is -1.59. The molecule has 0 bridgehead atoms. The molecule has 24 heavy (non-hydrogen) atoms. The summed E-state index contributed by atoms with van der Waals surface area (Å²) in [6.07, 6.45) is 7.31. The predicted molar refractivity (Wildman–Crippen MR) is 90.2 cm³/mol. The van der Waals surface area contributed by atoms with E-state index in [9.17, 15) is 14.4 Å². The van der Waals surface area contributed by atoms with Crippen molar-refractivity contribution in [3.05, 3.63) is 0 Å². The zero-order chi connectivity index (χ0) is 17.3. The van der Waals surface area contributed by atoms with E-state index in [4.69, 9.17) is 0 Å². The fourth-order valence-corrected chi connectivity index (χ4v) is 4.39. The number of rotatable bonds is 4.